The molecule has 1 aromatic carbocycles. The highest BCUT2D eigenvalue weighted by Gasteiger charge is 2.38. The van der Waals surface area contributed by atoms with E-state index in [2.05, 4.69) is 41.0 Å². The second kappa shape index (κ2) is 7.98. The molecule has 1 saturated carbocycles. The van der Waals surface area contributed by atoms with E-state index in [9.17, 15) is 4.79 Å². The van der Waals surface area contributed by atoms with Gasteiger partial charge in [-0.15, -0.1) is 12.4 Å². The van der Waals surface area contributed by atoms with Crippen LogP contribution in [0.3, 0.4) is 0 Å². The minimum Gasteiger partial charge on any atom is -0.355 e. The molecule has 1 aliphatic heterocycles. The first-order valence-corrected chi connectivity index (χ1v) is 8.31. The first-order chi connectivity index (χ1) is 10.3. The molecule has 1 aromatic rings. The highest BCUT2D eigenvalue weighted by Crippen LogP contribution is 2.43. The SMILES string of the molecule is Cl.O=C(CCC1CCNC1)NCC1(c2ccccc2)CCC1. The van der Waals surface area contributed by atoms with E-state index >= 15 is 0 Å². The zero-order valence-electron chi connectivity index (χ0n) is 13.1. The summed E-state index contributed by atoms with van der Waals surface area (Å²) in [6.07, 6.45) is 6.60. The highest BCUT2D eigenvalue weighted by atomic mass is 35.5. The van der Waals surface area contributed by atoms with Crippen molar-refractivity contribution in [3.05, 3.63) is 35.9 Å². The molecule has 3 rings (SSSR count). The number of hydrogen-bond acceptors (Lipinski definition) is 2. The van der Waals surface area contributed by atoms with Crippen LogP contribution in [0.5, 0.6) is 0 Å². The Morgan fingerprint density at radius 2 is 2.05 bits per heavy atom. The fraction of sp³-hybridized carbons (Fsp3) is 0.611. The molecule has 1 heterocycles. The number of amides is 1. The van der Waals surface area contributed by atoms with E-state index in [1.807, 2.05) is 0 Å². The first kappa shape index (κ1) is 17.3. The summed E-state index contributed by atoms with van der Waals surface area (Å²) < 4.78 is 0. The fourth-order valence-corrected chi connectivity index (χ4v) is 3.61. The third-order valence-corrected chi connectivity index (χ3v) is 5.26. The van der Waals surface area contributed by atoms with Crippen LogP contribution in [0.4, 0.5) is 0 Å². The molecule has 2 aliphatic rings. The van der Waals surface area contributed by atoms with Gasteiger partial charge in [-0.05, 0) is 50.3 Å². The van der Waals surface area contributed by atoms with Crippen LogP contribution in [0.2, 0.25) is 0 Å². The molecule has 0 aromatic heterocycles. The zero-order chi connectivity index (χ0) is 14.5. The number of halogens is 1. The summed E-state index contributed by atoms with van der Waals surface area (Å²) >= 11 is 0. The van der Waals surface area contributed by atoms with Crippen LogP contribution in [-0.2, 0) is 10.2 Å². The lowest BCUT2D eigenvalue weighted by Gasteiger charge is -2.42. The largest absolute Gasteiger partial charge is 0.355 e. The van der Waals surface area contributed by atoms with Gasteiger partial charge in [-0.2, -0.15) is 0 Å². The maximum Gasteiger partial charge on any atom is 0.220 e. The summed E-state index contributed by atoms with van der Waals surface area (Å²) in [6, 6.07) is 10.7. The van der Waals surface area contributed by atoms with Crippen LogP contribution >= 0.6 is 12.4 Å². The van der Waals surface area contributed by atoms with Crippen molar-refractivity contribution < 1.29 is 4.79 Å². The van der Waals surface area contributed by atoms with Gasteiger partial charge in [0.1, 0.15) is 0 Å². The maximum absolute atomic E-state index is 12.1. The molecule has 1 unspecified atom stereocenters. The Morgan fingerprint density at radius 3 is 2.64 bits per heavy atom. The third kappa shape index (κ3) is 4.02. The lowest BCUT2D eigenvalue weighted by Crippen LogP contribution is -2.45. The molecule has 1 saturated heterocycles. The van der Waals surface area contributed by atoms with Crippen molar-refractivity contribution in [2.75, 3.05) is 19.6 Å². The number of carbonyl (C=O) groups is 1. The summed E-state index contributed by atoms with van der Waals surface area (Å²) in [6.45, 7) is 3.00. The predicted molar refractivity (Wildman–Crippen MR) is 92.4 cm³/mol. The molecule has 1 atom stereocenters. The predicted octanol–water partition coefficient (Wildman–Crippen LogP) is 3.04. The van der Waals surface area contributed by atoms with Crippen molar-refractivity contribution in [2.45, 2.75) is 43.9 Å². The van der Waals surface area contributed by atoms with E-state index in [1.54, 1.807) is 0 Å². The third-order valence-electron chi connectivity index (χ3n) is 5.26. The molecule has 1 aliphatic carbocycles. The second-order valence-electron chi connectivity index (χ2n) is 6.67. The Balaban J connectivity index is 0.00000176. The average molecular weight is 323 g/mol. The van der Waals surface area contributed by atoms with Crippen LogP contribution < -0.4 is 10.6 Å². The van der Waals surface area contributed by atoms with Crippen molar-refractivity contribution in [2.24, 2.45) is 5.92 Å². The summed E-state index contributed by atoms with van der Waals surface area (Å²) in [5, 5.41) is 6.55. The van der Waals surface area contributed by atoms with Crippen LogP contribution in [0.15, 0.2) is 30.3 Å². The van der Waals surface area contributed by atoms with Gasteiger partial charge in [0.05, 0.1) is 0 Å². The van der Waals surface area contributed by atoms with Gasteiger partial charge in [-0.1, -0.05) is 36.8 Å². The minimum atomic E-state index is 0. The van der Waals surface area contributed by atoms with Gasteiger partial charge in [0.25, 0.3) is 0 Å². The van der Waals surface area contributed by atoms with E-state index in [1.165, 1.54) is 31.2 Å². The molecule has 2 N–H and O–H groups in total. The quantitative estimate of drug-likeness (QED) is 0.845. The first-order valence-electron chi connectivity index (χ1n) is 8.31. The van der Waals surface area contributed by atoms with Crippen LogP contribution in [0.25, 0.3) is 0 Å². The number of nitrogens with one attached hydrogen (secondary N) is 2. The Morgan fingerprint density at radius 1 is 1.27 bits per heavy atom. The standard InChI is InChI=1S/C18H26N2O.ClH/c21-17(8-7-15-9-12-19-13-15)20-14-18(10-4-11-18)16-5-2-1-3-6-16;/h1-3,5-6,15,19H,4,7-14H2,(H,20,21);1H. The normalized spacial score (nSPS) is 22.5. The zero-order valence-corrected chi connectivity index (χ0v) is 14.0. The molecule has 2 fully saturated rings. The molecule has 3 nitrogen and oxygen atoms in total. The molecule has 0 bridgehead atoms. The summed E-state index contributed by atoms with van der Waals surface area (Å²) in [5.41, 5.74) is 1.59. The average Bonchev–Trinajstić information content (AvgIpc) is 2.98. The van der Waals surface area contributed by atoms with E-state index < -0.39 is 0 Å². The van der Waals surface area contributed by atoms with Gasteiger partial charge >= 0.3 is 0 Å². The molecule has 0 spiro atoms. The smallest absolute Gasteiger partial charge is 0.220 e. The monoisotopic (exact) mass is 322 g/mol. The summed E-state index contributed by atoms with van der Waals surface area (Å²) in [4.78, 5) is 12.1. The molecule has 0 radical (unpaired) electrons. The minimum absolute atomic E-state index is 0. The van der Waals surface area contributed by atoms with Crippen LogP contribution in [0, 0.1) is 5.92 Å². The number of carbonyl (C=O) groups excluding carboxylic acids is 1. The second-order valence-corrected chi connectivity index (χ2v) is 6.67. The molecule has 4 heteroatoms. The van der Waals surface area contributed by atoms with Gasteiger partial charge in [-0.3, -0.25) is 4.79 Å². The number of hydrogen-bond donors (Lipinski definition) is 2. The van der Waals surface area contributed by atoms with Crippen LogP contribution in [-0.4, -0.2) is 25.5 Å². The molecule has 122 valence electrons. The molecular weight excluding hydrogens is 296 g/mol. The van der Waals surface area contributed by atoms with E-state index in [-0.39, 0.29) is 23.7 Å². The number of rotatable bonds is 6. The molecule has 1 amide bonds. The number of benzene rings is 1. The Labute approximate surface area is 139 Å². The summed E-state index contributed by atoms with van der Waals surface area (Å²) in [7, 11) is 0. The lowest BCUT2D eigenvalue weighted by molar-refractivity contribution is -0.121. The van der Waals surface area contributed by atoms with Crippen molar-refractivity contribution >= 4 is 18.3 Å². The molecular formula is C18H27ClN2O. The van der Waals surface area contributed by atoms with Crippen molar-refractivity contribution in [1.82, 2.24) is 10.6 Å². The summed E-state index contributed by atoms with van der Waals surface area (Å²) in [5.74, 6) is 0.923. The van der Waals surface area contributed by atoms with Gasteiger partial charge in [0, 0.05) is 18.4 Å². The fourth-order valence-electron chi connectivity index (χ4n) is 3.61. The van der Waals surface area contributed by atoms with Gasteiger partial charge in [0.2, 0.25) is 5.91 Å². The Hall–Kier alpha value is -1.06. The van der Waals surface area contributed by atoms with Gasteiger partial charge < -0.3 is 10.6 Å². The Bertz CT molecular complexity index is 467. The van der Waals surface area contributed by atoms with Crippen molar-refractivity contribution in [1.29, 1.82) is 0 Å². The van der Waals surface area contributed by atoms with Gasteiger partial charge in [-0.25, -0.2) is 0 Å². The van der Waals surface area contributed by atoms with Crippen LogP contribution in [0.1, 0.15) is 44.1 Å². The highest BCUT2D eigenvalue weighted by molar-refractivity contribution is 5.85. The molecule has 22 heavy (non-hydrogen) atoms. The van der Waals surface area contributed by atoms with E-state index in [0.717, 1.165) is 26.1 Å². The Kier molecular flexibility index (Phi) is 6.27. The topological polar surface area (TPSA) is 41.1 Å². The van der Waals surface area contributed by atoms with Gasteiger partial charge in [0.15, 0.2) is 0 Å². The van der Waals surface area contributed by atoms with E-state index in [4.69, 9.17) is 0 Å². The van der Waals surface area contributed by atoms with Crippen molar-refractivity contribution in [3.8, 4) is 0 Å². The van der Waals surface area contributed by atoms with Crippen molar-refractivity contribution in [3.63, 3.8) is 0 Å². The maximum atomic E-state index is 12.1. The lowest BCUT2D eigenvalue weighted by atomic mass is 9.64. The van der Waals surface area contributed by atoms with E-state index in [0.29, 0.717) is 12.3 Å².